The SMILES string of the molecule is CC(C)CC(=O)Nc1ccc([C@@H]2SCC(=O)N2c2ccc(F)cc2)cc1. The number of hydrogen-bond acceptors (Lipinski definition) is 3. The van der Waals surface area contributed by atoms with E-state index >= 15 is 0 Å². The molecule has 1 aliphatic heterocycles. The van der Waals surface area contributed by atoms with Crippen molar-refractivity contribution in [2.45, 2.75) is 25.6 Å². The molecule has 3 rings (SSSR count). The third kappa shape index (κ3) is 4.25. The summed E-state index contributed by atoms with van der Waals surface area (Å²) in [5.74, 6) is 0.354. The first-order valence-electron chi connectivity index (χ1n) is 8.53. The minimum atomic E-state index is -0.328. The molecule has 1 atom stereocenters. The molecule has 0 bridgehead atoms. The second kappa shape index (κ2) is 7.91. The first kappa shape index (κ1) is 18.5. The normalized spacial score (nSPS) is 17.0. The first-order chi connectivity index (χ1) is 12.4. The monoisotopic (exact) mass is 372 g/mol. The average molecular weight is 372 g/mol. The molecule has 1 saturated heterocycles. The molecule has 4 nitrogen and oxygen atoms in total. The van der Waals surface area contributed by atoms with E-state index in [0.717, 1.165) is 11.3 Å². The van der Waals surface area contributed by atoms with Gasteiger partial charge in [-0.3, -0.25) is 14.5 Å². The smallest absolute Gasteiger partial charge is 0.238 e. The molecule has 2 aromatic carbocycles. The topological polar surface area (TPSA) is 49.4 Å². The number of thioether (sulfide) groups is 1. The molecule has 1 heterocycles. The quantitative estimate of drug-likeness (QED) is 0.835. The van der Waals surface area contributed by atoms with Crippen molar-refractivity contribution in [1.82, 2.24) is 0 Å². The Morgan fingerprint density at radius 2 is 1.85 bits per heavy atom. The highest BCUT2D eigenvalue weighted by Gasteiger charge is 2.33. The fourth-order valence-electron chi connectivity index (χ4n) is 2.87. The summed E-state index contributed by atoms with van der Waals surface area (Å²) in [7, 11) is 0. The Balaban J connectivity index is 1.76. The lowest BCUT2D eigenvalue weighted by molar-refractivity contribution is -0.117. The Bertz CT molecular complexity index is 790. The van der Waals surface area contributed by atoms with E-state index < -0.39 is 0 Å². The number of carbonyl (C=O) groups excluding carboxylic acids is 2. The largest absolute Gasteiger partial charge is 0.326 e. The Labute approximate surface area is 156 Å². The standard InChI is InChI=1S/C20H21FN2O2S/c1-13(2)11-18(24)22-16-7-3-14(4-8-16)20-23(19(25)12-26-20)17-9-5-15(21)6-10-17/h3-10,13,20H,11-12H2,1-2H3,(H,22,24)/t20-/m0/s1. The van der Waals surface area contributed by atoms with Gasteiger partial charge >= 0.3 is 0 Å². The molecule has 2 amide bonds. The van der Waals surface area contributed by atoms with Gasteiger partial charge in [-0.15, -0.1) is 11.8 Å². The van der Waals surface area contributed by atoms with Crippen LogP contribution < -0.4 is 10.2 Å². The van der Waals surface area contributed by atoms with Crippen LogP contribution >= 0.6 is 11.8 Å². The summed E-state index contributed by atoms with van der Waals surface area (Å²) in [4.78, 5) is 25.9. The van der Waals surface area contributed by atoms with E-state index in [9.17, 15) is 14.0 Å². The zero-order chi connectivity index (χ0) is 18.7. The molecular weight excluding hydrogens is 351 g/mol. The summed E-state index contributed by atoms with van der Waals surface area (Å²) in [6.07, 6.45) is 0.479. The van der Waals surface area contributed by atoms with Crippen LogP contribution in [-0.2, 0) is 9.59 Å². The third-order valence-corrected chi connectivity index (χ3v) is 5.26. The van der Waals surface area contributed by atoms with Crippen LogP contribution in [-0.4, -0.2) is 17.6 Å². The average Bonchev–Trinajstić information content (AvgIpc) is 2.97. The minimum Gasteiger partial charge on any atom is -0.326 e. The molecule has 0 unspecified atom stereocenters. The van der Waals surface area contributed by atoms with Gasteiger partial charge in [-0.25, -0.2) is 4.39 Å². The maximum absolute atomic E-state index is 13.2. The van der Waals surface area contributed by atoms with E-state index in [0.29, 0.717) is 23.8 Å². The molecule has 1 N–H and O–H groups in total. The van der Waals surface area contributed by atoms with Crippen molar-refractivity contribution >= 4 is 35.0 Å². The van der Waals surface area contributed by atoms with Crippen LogP contribution in [0.4, 0.5) is 15.8 Å². The second-order valence-corrected chi connectivity index (χ2v) is 7.74. The highest BCUT2D eigenvalue weighted by molar-refractivity contribution is 8.00. The Hall–Kier alpha value is -2.34. The van der Waals surface area contributed by atoms with Crippen molar-refractivity contribution in [3.05, 3.63) is 59.9 Å². The highest BCUT2D eigenvalue weighted by Crippen LogP contribution is 2.41. The number of rotatable bonds is 5. The van der Waals surface area contributed by atoms with E-state index in [1.165, 1.54) is 23.9 Å². The molecule has 0 saturated carbocycles. The Kier molecular flexibility index (Phi) is 5.61. The molecule has 26 heavy (non-hydrogen) atoms. The molecule has 2 aromatic rings. The Morgan fingerprint density at radius 1 is 1.19 bits per heavy atom. The van der Waals surface area contributed by atoms with E-state index in [2.05, 4.69) is 5.32 Å². The van der Waals surface area contributed by atoms with Crippen molar-refractivity contribution in [3.8, 4) is 0 Å². The van der Waals surface area contributed by atoms with E-state index in [4.69, 9.17) is 0 Å². The minimum absolute atomic E-state index is 0.000853. The summed E-state index contributed by atoms with van der Waals surface area (Å²) in [6.45, 7) is 4.00. The van der Waals surface area contributed by atoms with Gasteiger partial charge in [-0.2, -0.15) is 0 Å². The van der Waals surface area contributed by atoms with Crippen LogP contribution in [0, 0.1) is 11.7 Å². The highest BCUT2D eigenvalue weighted by atomic mass is 32.2. The van der Waals surface area contributed by atoms with Gasteiger partial charge in [0.25, 0.3) is 0 Å². The number of nitrogens with zero attached hydrogens (tertiary/aromatic N) is 1. The predicted molar refractivity (Wildman–Crippen MR) is 104 cm³/mol. The van der Waals surface area contributed by atoms with Crippen molar-refractivity contribution < 1.29 is 14.0 Å². The third-order valence-electron chi connectivity index (χ3n) is 4.05. The number of halogens is 1. The van der Waals surface area contributed by atoms with Crippen LogP contribution in [0.2, 0.25) is 0 Å². The lowest BCUT2D eigenvalue weighted by Crippen LogP contribution is -2.27. The van der Waals surface area contributed by atoms with Gasteiger partial charge in [0.15, 0.2) is 0 Å². The zero-order valence-corrected chi connectivity index (χ0v) is 15.6. The summed E-state index contributed by atoms with van der Waals surface area (Å²) in [5.41, 5.74) is 2.38. The van der Waals surface area contributed by atoms with Crippen LogP contribution in [0.15, 0.2) is 48.5 Å². The van der Waals surface area contributed by atoms with Gasteiger partial charge in [0.2, 0.25) is 11.8 Å². The molecular formula is C20H21FN2O2S. The first-order valence-corrected chi connectivity index (χ1v) is 9.58. The van der Waals surface area contributed by atoms with E-state index in [-0.39, 0.29) is 23.0 Å². The fraction of sp³-hybridized carbons (Fsp3) is 0.300. The molecule has 0 aromatic heterocycles. The van der Waals surface area contributed by atoms with Gasteiger partial charge in [0.1, 0.15) is 11.2 Å². The van der Waals surface area contributed by atoms with Gasteiger partial charge in [-0.1, -0.05) is 26.0 Å². The second-order valence-electron chi connectivity index (χ2n) is 6.67. The van der Waals surface area contributed by atoms with Crippen molar-refractivity contribution in [2.24, 2.45) is 5.92 Å². The predicted octanol–water partition coefficient (Wildman–Crippen LogP) is 4.59. The van der Waals surface area contributed by atoms with Crippen molar-refractivity contribution in [2.75, 3.05) is 16.0 Å². The summed E-state index contributed by atoms with van der Waals surface area (Å²) in [6, 6.07) is 13.5. The number of carbonyl (C=O) groups is 2. The molecule has 1 fully saturated rings. The van der Waals surface area contributed by atoms with Gasteiger partial charge < -0.3 is 5.32 Å². The number of nitrogens with one attached hydrogen (secondary N) is 1. The molecule has 0 radical (unpaired) electrons. The maximum atomic E-state index is 13.2. The molecule has 136 valence electrons. The summed E-state index contributed by atoms with van der Waals surface area (Å²) < 4.78 is 13.2. The van der Waals surface area contributed by atoms with Crippen LogP contribution in [0.3, 0.4) is 0 Å². The van der Waals surface area contributed by atoms with Crippen LogP contribution in [0.5, 0.6) is 0 Å². The van der Waals surface area contributed by atoms with E-state index in [1.54, 1.807) is 17.0 Å². The van der Waals surface area contributed by atoms with Crippen LogP contribution in [0.25, 0.3) is 0 Å². The zero-order valence-electron chi connectivity index (χ0n) is 14.7. The van der Waals surface area contributed by atoms with Gasteiger partial charge in [0, 0.05) is 17.8 Å². The maximum Gasteiger partial charge on any atom is 0.238 e. The molecule has 6 heteroatoms. The van der Waals surface area contributed by atoms with Crippen LogP contribution in [0.1, 0.15) is 31.2 Å². The lowest BCUT2D eigenvalue weighted by Gasteiger charge is -2.24. The number of benzene rings is 2. The molecule has 1 aliphatic rings. The lowest BCUT2D eigenvalue weighted by atomic mass is 10.1. The number of hydrogen-bond donors (Lipinski definition) is 1. The Morgan fingerprint density at radius 3 is 2.46 bits per heavy atom. The van der Waals surface area contributed by atoms with E-state index in [1.807, 2.05) is 38.1 Å². The van der Waals surface area contributed by atoms with Gasteiger partial charge in [-0.05, 0) is 47.9 Å². The summed E-state index contributed by atoms with van der Waals surface area (Å²) in [5, 5.41) is 2.72. The van der Waals surface area contributed by atoms with Crippen molar-refractivity contribution in [1.29, 1.82) is 0 Å². The van der Waals surface area contributed by atoms with Crippen molar-refractivity contribution in [3.63, 3.8) is 0 Å². The number of amides is 2. The molecule has 0 spiro atoms. The fourth-order valence-corrected chi connectivity index (χ4v) is 4.04. The molecule has 0 aliphatic carbocycles. The number of anilines is 2. The van der Waals surface area contributed by atoms with Gasteiger partial charge in [0.05, 0.1) is 5.75 Å². The summed E-state index contributed by atoms with van der Waals surface area (Å²) >= 11 is 1.53.